The van der Waals surface area contributed by atoms with Crippen molar-refractivity contribution in [2.75, 3.05) is 18.4 Å². The standard InChI is InChI=1S/C17H17N5O2.2C2HF3O2/c23-16(21-12-3-4-15-11(8-12)9-20-22-15)14-2-1-6-19-17(14)24-13-5-7-18-10-13;2*3-2(4,5)1(6)7/h1-4,6,8-9,13,18H,5,7,10H2,(H,20,22)(H,21,23);2*(H,6,7)/t13-;;/m1../s1. The molecule has 4 rings (SSSR count). The summed E-state index contributed by atoms with van der Waals surface area (Å²) in [5, 5.41) is 28.2. The van der Waals surface area contributed by atoms with E-state index in [1.807, 2.05) is 18.2 Å². The highest BCUT2D eigenvalue weighted by Crippen LogP contribution is 2.21. The van der Waals surface area contributed by atoms with Gasteiger partial charge in [0.25, 0.3) is 5.91 Å². The number of ether oxygens (including phenoxy) is 1. The number of anilines is 1. The Morgan fingerprint density at radius 1 is 1.03 bits per heavy atom. The third-order valence-corrected chi connectivity index (χ3v) is 4.49. The summed E-state index contributed by atoms with van der Waals surface area (Å²) in [6, 6.07) is 9.03. The minimum Gasteiger partial charge on any atom is -0.475 e. The largest absolute Gasteiger partial charge is 0.490 e. The van der Waals surface area contributed by atoms with Crippen LogP contribution in [0.3, 0.4) is 0 Å². The smallest absolute Gasteiger partial charge is 0.475 e. The van der Waals surface area contributed by atoms with E-state index in [4.69, 9.17) is 24.5 Å². The van der Waals surface area contributed by atoms with Gasteiger partial charge in [0.15, 0.2) is 0 Å². The van der Waals surface area contributed by atoms with Crippen molar-refractivity contribution in [3.8, 4) is 5.88 Å². The van der Waals surface area contributed by atoms with Gasteiger partial charge < -0.3 is 25.6 Å². The van der Waals surface area contributed by atoms with E-state index in [9.17, 15) is 31.1 Å². The number of amides is 1. The number of hydrogen-bond acceptors (Lipinski definition) is 7. The molecule has 38 heavy (non-hydrogen) atoms. The number of nitrogens with zero attached hydrogens (tertiary/aromatic N) is 2. The molecule has 17 heteroatoms. The summed E-state index contributed by atoms with van der Waals surface area (Å²) in [4.78, 5) is 34.6. The molecular weight excluding hydrogens is 532 g/mol. The zero-order chi connectivity index (χ0) is 28.5. The number of hydrogen-bond donors (Lipinski definition) is 5. The van der Waals surface area contributed by atoms with Crippen molar-refractivity contribution in [3.05, 3.63) is 48.3 Å². The molecule has 0 unspecified atom stereocenters. The Bertz CT molecular complexity index is 1230. The normalized spacial score (nSPS) is 14.9. The highest BCUT2D eigenvalue weighted by molar-refractivity contribution is 6.06. The van der Waals surface area contributed by atoms with E-state index in [2.05, 4.69) is 25.8 Å². The number of aliphatic carboxylic acids is 2. The van der Waals surface area contributed by atoms with Gasteiger partial charge in [-0.3, -0.25) is 9.89 Å². The summed E-state index contributed by atoms with van der Waals surface area (Å²) < 4.78 is 69.3. The van der Waals surface area contributed by atoms with Crippen LogP contribution in [0.4, 0.5) is 32.0 Å². The quantitative estimate of drug-likeness (QED) is 0.306. The number of aromatic amines is 1. The molecule has 2 aromatic heterocycles. The predicted octanol–water partition coefficient (Wildman–Crippen LogP) is 3.22. The van der Waals surface area contributed by atoms with E-state index >= 15 is 0 Å². The summed E-state index contributed by atoms with van der Waals surface area (Å²) in [5.41, 5.74) is 2.05. The fourth-order valence-electron chi connectivity index (χ4n) is 2.76. The van der Waals surface area contributed by atoms with E-state index in [-0.39, 0.29) is 12.0 Å². The SMILES string of the molecule is O=C(Nc1ccc2[nH]ncc2c1)c1cccnc1O[C@@H]1CCNC1.O=C(O)C(F)(F)F.O=C(O)C(F)(F)F. The molecule has 1 atom stereocenters. The van der Waals surface area contributed by atoms with E-state index in [0.717, 1.165) is 30.4 Å². The monoisotopic (exact) mass is 551 g/mol. The first-order valence-corrected chi connectivity index (χ1v) is 10.4. The van der Waals surface area contributed by atoms with Gasteiger partial charge in [-0.15, -0.1) is 0 Å². The maximum absolute atomic E-state index is 12.6. The number of carbonyl (C=O) groups excluding carboxylic acids is 1. The molecule has 0 saturated carbocycles. The van der Waals surface area contributed by atoms with Crippen LogP contribution in [0.5, 0.6) is 5.88 Å². The van der Waals surface area contributed by atoms with Gasteiger partial charge in [-0.1, -0.05) is 0 Å². The number of aromatic nitrogens is 3. The average Bonchev–Trinajstić information content (AvgIpc) is 3.50. The Kier molecular flexibility index (Phi) is 9.97. The number of carboxylic acids is 2. The Morgan fingerprint density at radius 2 is 1.66 bits per heavy atom. The number of nitrogens with one attached hydrogen (secondary N) is 3. The van der Waals surface area contributed by atoms with Crippen LogP contribution < -0.4 is 15.4 Å². The number of carbonyl (C=O) groups is 3. The van der Waals surface area contributed by atoms with E-state index in [0.29, 0.717) is 17.1 Å². The van der Waals surface area contributed by atoms with Crippen molar-refractivity contribution in [1.29, 1.82) is 0 Å². The molecule has 1 aromatic carbocycles. The Hall–Kier alpha value is -4.41. The van der Waals surface area contributed by atoms with E-state index in [1.54, 1.807) is 24.5 Å². The summed E-state index contributed by atoms with van der Waals surface area (Å²) in [6.45, 7) is 1.69. The van der Waals surface area contributed by atoms with Crippen LogP contribution in [0.2, 0.25) is 0 Å². The first-order valence-electron chi connectivity index (χ1n) is 10.4. The second-order valence-electron chi connectivity index (χ2n) is 7.32. The molecule has 0 spiro atoms. The minimum absolute atomic E-state index is 0.0498. The highest BCUT2D eigenvalue weighted by atomic mass is 19.4. The van der Waals surface area contributed by atoms with Gasteiger partial charge in [0.05, 0.1) is 11.7 Å². The molecule has 3 heterocycles. The third-order valence-electron chi connectivity index (χ3n) is 4.49. The molecule has 206 valence electrons. The molecule has 1 amide bonds. The molecule has 1 aliphatic rings. The molecule has 0 bridgehead atoms. The van der Waals surface area contributed by atoms with Crippen LogP contribution >= 0.6 is 0 Å². The highest BCUT2D eigenvalue weighted by Gasteiger charge is 2.38. The number of benzene rings is 1. The van der Waals surface area contributed by atoms with Crippen molar-refractivity contribution in [3.63, 3.8) is 0 Å². The summed E-state index contributed by atoms with van der Waals surface area (Å²) in [5.74, 6) is -5.39. The maximum Gasteiger partial charge on any atom is 0.490 e. The van der Waals surface area contributed by atoms with Crippen molar-refractivity contribution < 1.29 is 55.7 Å². The third kappa shape index (κ3) is 9.23. The first-order chi connectivity index (χ1) is 17.7. The number of fused-ring (bicyclic) bond motifs is 1. The van der Waals surface area contributed by atoms with Crippen molar-refractivity contribution in [2.24, 2.45) is 0 Å². The number of rotatable bonds is 4. The number of pyridine rings is 1. The number of carboxylic acid groups (broad SMARTS) is 2. The second kappa shape index (κ2) is 12.7. The molecule has 0 aliphatic carbocycles. The number of halogens is 6. The molecule has 5 N–H and O–H groups in total. The second-order valence-corrected chi connectivity index (χ2v) is 7.32. The van der Waals surface area contributed by atoms with Gasteiger partial charge >= 0.3 is 24.3 Å². The van der Waals surface area contributed by atoms with E-state index in [1.165, 1.54) is 0 Å². The fourth-order valence-corrected chi connectivity index (χ4v) is 2.76. The van der Waals surface area contributed by atoms with Gasteiger partial charge in [0.2, 0.25) is 5.88 Å². The predicted molar refractivity (Wildman–Crippen MR) is 118 cm³/mol. The summed E-state index contributed by atoms with van der Waals surface area (Å²) >= 11 is 0. The van der Waals surface area contributed by atoms with Gasteiger partial charge in [0, 0.05) is 23.8 Å². The van der Waals surface area contributed by atoms with Crippen molar-refractivity contribution in [1.82, 2.24) is 20.5 Å². The molecule has 0 radical (unpaired) electrons. The maximum atomic E-state index is 12.6. The van der Waals surface area contributed by atoms with Crippen molar-refractivity contribution in [2.45, 2.75) is 24.9 Å². The van der Waals surface area contributed by atoms with Crippen LogP contribution in [0.15, 0.2) is 42.7 Å². The zero-order valence-corrected chi connectivity index (χ0v) is 18.9. The molecular formula is C21H19F6N5O6. The summed E-state index contributed by atoms with van der Waals surface area (Å²) in [6.07, 6.45) is -5.86. The lowest BCUT2D eigenvalue weighted by molar-refractivity contribution is -0.193. The van der Waals surface area contributed by atoms with Gasteiger partial charge in [-0.2, -0.15) is 31.4 Å². The number of H-pyrrole nitrogens is 1. The Balaban J connectivity index is 0.000000301. The van der Waals surface area contributed by atoms with Crippen LogP contribution in [-0.2, 0) is 9.59 Å². The van der Waals surface area contributed by atoms with Crippen molar-refractivity contribution >= 4 is 34.4 Å². The zero-order valence-electron chi connectivity index (χ0n) is 18.9. The van der Waals surface area contributed by atoms with Crippen LogP contribution in [-0.4, -0.2) is 74.8 Å². The topological polar surface area (TPSA) is 167 Å². The molecule has 1 fully saturated rings. The Morgan fingerprint density at radius 3 is 2.21 bits per heavy atom. The number of alkyl halides is 6. The lowest BCUT2D eigenvalue weighted by Gasteiger charge is -2.14. The van der Waals surface area contributed by atoms with Crippen LogP contribution in [0, 0.1) is 0 Å². The van der Waals surface area contributed by atoms with Gasteiger partial charge in [-0.05, 0) is 43.3 Å². The molecule has 1 saturated heterocycles. The van der Waals surface area contributed by atoms with Gasteiger partial charge in [0.1, 0.15) is 11.7 Å². The fraction of sp³-hybridized carbons (Fsp3) is 0.286. The van der Waals surface area contributed by atoms with Crippen LogP contribution in [0.25, 0.3) is 10.9 Å². The molecule has 3 aromatic rings. The van der Waals surface area contributed by atoms with Gasteiger partial charge in [-0.25, -0.2) is 14.6 Å². The molecule has 11 nitrogen and oxygen atoms in total. The molecule has 1 aliphatic heterocycles. The van der Waals surface area contributed by atoms with Crippen LogP contribution in [0.1, 0.15) is 16.8 Å². The minimum atomic E-state index is -5.08. The lowest BCUT2D eigenvalue weighted by Crippen LogP contribution is -2.22. The Labute approximate surface area is 208 Å². The first kappa shape index (κ1) is 29.8. The summed E-state index contributed by atoms with van der Waals surface area (Å²) in [7, 11) is 0. The van der Waals surface area contributed by atoms with E-state index < -0.39 is 24.3 Å². The average molecular weight is 551 g/mol. The lowest BCUT2D eigenvalue weighted by atomic mass is 10.2.